The topological polar surface area (TPSA) is 178 Å². The summed E-state index contributed by atoms with van der Waals surface area (Å²) in [6, 6.07) is 24.0. The molecule has 0 unspecified atom stereocenters. The minimum atomic E-state index is -3.95. The first-order valence-electron chi connectivity index (χ1n) is 11.6. The van der Waals surface area contributed by atoms with E-state index in [0.29, 0.717) is 6.42 Å². The summed E-state index contributed by atoms with van der Waals surface area (Å²) < 4.78 is 57.2. The van der Waals surface area contributed by atoms with Gasteiger partial charge in [-0.15, -0.1) is 0 Å². The Balaban J connectivity index is -0.0000000478. The number of benzene rings is 2. The van der Waals surface area contributed by atoms with Crippen molar-refractivity contribution >= 4 is 20.2 Å². The molecule has 0 atom stereocenters. The Morgan fingerprint density at radius 1 is 0.605 bits per heavy atom. The van der Waals surface area contributed by atoms with E-state index in [9.17, 15) is 21.4 Å². The van der Waals surface area contributed by atoms with E-state index in [-0.39, 0.29) is 32.9 Å². The summed E-state index contributed by atoms with van der Waals surface area (Å²) in [7, 11) is -5.75. The van der Waals surface area contributed by atoms with E-state index in [2.05, 4.69) is 0 Å². The molecule has 2 aromatic rings. The summed E-state index contributed by atoms with van der Waals surface area (Å²) in [4.78, 5) is 0. The smallest absolute Gasteiger partial charge is 0.266 e. The first-order valence-corrected chi connectivity index (χ1v) is 14.8. The molecular weight excluding hydrogens is 530 g/mol. The van der Waals surface area contributed by atoms with E-state index in [1.807, 2.05) is 107 Å². The molecular formula is C27H58NO8S2-. The molecule has 11 heteroatoms. The third-order valence-corrected chi connectivity index (χ3v) is 4.25. The van der Waals surface area contributed by atoms with Gasteiger partial charge in [0.05, 0.1) is 15.9 Å². The van der Waals surface area contributed by atoms with Crippen LogP contribution < -0.4 is 5.73 Å². The number of aliphatic hydroxyl groups excluding tert-OH is 2. The quantitative estimate of drug-likeness (QED) is 0.251. The monoisotopic (exact) mass is 588 g/mol. The van der Waals surface area contributed by atoms with Gasteiger partial charge in [-0.25, -0.2) is 8.42 Å². The van der Waals surface area contributed by atoms with Crippen LogP contribution in [0, 0.1) is 0 Å². The molecule has 2 rings (SSSR count). The lowest BCUT2D eigenvalue weighted by molar-refractivity contribution is 0.399. The molecule has 5 N–H and O–H groups in total. The lowest BCUT2D eigenvalue weighted by Crippen LogP contribution is -2.13. The zero-order chi connectivity index (χ0) is 29.7. The van der Waals surface area contributed by atoms with Gasteiger partial charge in [-0.2, -0.15) is 8.42 Å². The number of aliphatic hydroxyl groups is 2. The first kappa shape index (κ1) is 56.4. The summed E-state index contributed by atoms with van der Waals surface area (Å²) in [5.74, 6) is -0.562. The van der Waals surface area contributed by atoms with Crippen molar-refractivity contribution < 1.29 is 36.2 Å². The van der Waals surface area contributed by atoms with Crippen LogP contribution in [0.1, 0.15) is 68.7 Å². The highest BCUT2D eigenvalue weighted by Crippen LogP contribution is 1.96. The number of rotatable bonds is 6. The maximum Gasteiger partial charge on any atom is 0.266 e. The van der Waals surface area contributed by atoms with E-state index in [1.165, 1.54) is 0 Å². The van der Waals surface area contributed by atoms with E-state index in [4.69, 9.17) is 20.5 Å². The molecule has 0 amide bonds. The molecule has 38 heavy (non-hydrogen) atoms. The van der Waals surface area contributed by atoms with E-state index < -0.39 is 20.2 Å². The highest BCUT2D eigenvalue weighted by molar-refractivity contribution is 7.86. The van der Waals surface area contributed by atoms with E-state index in [1.54, 1.807) is 0 Å². The second kappa shape index (κ2) is 51.7. The Morgan fingerprint density at radius 2 is 0.842 bits per heavy atom. The van der Waals surface area contributed by atoms with Crippen LogP contribution in [0.5, 0.6) is 0 Å². The summed E-state index contributed by atoms with van der Waals surface area (Å²) in [6.07, 6.45) is 2.26. The van der Waals surface area contributed by atoms with Gasteiger partial charge in [-0.05, 0) is 6.42 Å². The van der Waals surface area contributed by atoms with Crippen molar-refractivity contribution in [3.63, 3.8) is 0 Å². The van der Waals surface area contributed by atoms with Crippen molar-refractivity contribution in [3.8, 4) is 0 Å². The Labute approximate surface area is 235 Å². The molecule has 0 heterocycles. The Kier molecular flexibility index (Phi) is 76.7. The van der Waals surface area contributed by atoms with Crippen molar-refractivity contribution in [1.82, 2.24) is 0 Å². The summed E-state index contributed by atoms with van der Waals surface area (Å²) >= 11 is 0. The minimum absolute atomic E-state index is 0. The Morgan fingerprint density at radius 3 is 0.947 bits per heavy atom. The molecule has 0 aliphatic rings. The highest BCUT2D eigenvalue weighted by atomic mass is 32.2. The lowest BCUT2D eigenvalue weighted by Gasteiger charge is -2.03. The van der Waals surface area contributed by atoms with Crippen LogP contribution >= 0.6 is 0 Å². The fourth-order valence-corrected chi connectivity index (χ4v) is 2.30. The fraction of sp³-hybridized carbons (Fsp3) is 0.556. The molecule has 0 radical (unpaired) electrons. The summed E-state index contributed by atoms with van der Waals surface area (Å²) in [5, 5.41) is 14.0. The average molecular weight is 589 g/mol. The number of hydrogen-bond acceptors (Lipinski definition) is 8. The van der Waals surface area contributed by atoms with Crippen LogP contribution in [0.25, 0.3) is 0 Å². The van der Waals surface area contributed by atoms with Crippen molar-refractivity contribution in [2.24, 2.45) is 5.73 Å². The predicted molar refractivity (Wildman–Crippen MR) is 165 cm³/mol. The zero-order valence-corrected chi connectivity index (χ0v) is 24.6. The third-order valence-electron chi connectivity index (χ3n) is 2.71. The number of nitrogens with two attached hydrogens (primary N) is 1. The molecule has 0 fully saturated rings. The van der Waals surface area contributed by atoms with Gasteiger partial charge in [0.25, 0.3) is 10.1 Å². The minimum Gasteiger partial charge on any atom is -0.748 e. The average Bonchev–Trinajstić information content (AvgIpc) is 2.91. The standard InChI is InChI=1S/2C6H6.C5H12O3S.C2H7NO3S.2C2H6.2CH4O.2CH4/c2*1-2-4-6-5-3-1;1-2-3-4-5-9(6,7)8;3-1-2-7(4,5)6;4*1-2;;/h2*1-6H;2-5H2,1H3,(H,6,7,8);1-3H2,(H,4,5,6);2*1-2H3;2*2H,1H3;2*1H4/p-1. The van der Waals surface area contributed by atoms with Gasteiger partial charge in [-0.3, -0.25) is 4.55 Å². The van der Waals surface area contributed by atoms with Crippen LogP contribution in [0.3, 0.4) is 0 Å². The first-order chi connectivity index (χ1) is 17.1. The predicted octanol–water partition coefficient (Wildman–Crippen LogP) is 5.47. The molecule has 0 aliphatic carbocycles. The van der Waals surface area contributed by atoms with E-state index >= 15 is 0 Å². The van der Waals surface area contributed by atoms with Crippen LogP contribution in [-0.4, -0.2) is 68.4 Å². The van der Waals surface area contributed by atoms with Gasteiger partial charge in [0.15, 0.2) is 0 Å². The van der Waals surface area contributed by atoms with Gasteiger partial charge in [0, 0.05) is 26.5 Å². The van der Waals surface area contributed by atoms with Crippen LogP contribution in [0.15, 0.2) is 72.8 Å². The zero-order valence-electron chi connectivity index (χ0n) is 22.9. The van der Waals surface area contributed by atoms with Crippen LogP contribution in [-0.2, 0) is 20.2 Å². The molecule has 0 spiro atoms. The third kappa shape index (κ3) is 92.4. The molecule has 2 aromatic carbocycles. The molecule has 0 aromatic heterocycles. The second-order valence-corrected chi connectivity index (χ2v) is 8.45. The van der Waals surface area contributed by atoms with Gasteiger partial charge in [0.1, 0.15) is 0 Å². The largest absolute Gasteiger partial charge is 0.748 e. The maximum absolute atomic E-state index is 9.95. The van der Waals surface area contributed by atoms with Gasteiger partial charge in [-0.1, -0.05) is 135 Å². The SMILES string of the molecule is C.C.CC.CC.CCCCCS(=O)(=O)[O-].CO.CO.NCCS(=O)(=O)O.c1ccccc1.c1ccccc1. The van der Waals surface area contributed by atoms with Crippen molar-refractivity contribution in [3.05, 3.63) is 72.8 Å². The van der Waals surface area contributed by atoms with Crippen molar-refractivity contribution in [2.75, 3.05) is 32.3 Å². The highest BCUT2D eigenvalue weighted by Gasteiger charge is 1.98. The number of unbranched alkanes of at least 4 members (excludes halogenated alkanes) is 2. The summed E-state index contributed by atoms with van der Waals surface area (Å²) in [6.45, 7) is 9.93. The van der Waals surface area contributed by atoms with E-state index in [0.717, 1.165) is 27.1 Å². The molecule has 0 saturated heterocycles. The lowest BCUT2D eigenvalue weighted by atomic mass is 10.3. The normalized spacial score (nSPS) is 8.11. The Hall–Kier alpha value is -1.86. The molecule has 9 nitrogen and oxygen atoms in total. The number of hydrogen-bond donors (Lipinski definition) is 4. The fourth-order valence-electron chi connectivity index (χ4n) is 1.45. The molecule has 0 saturated carbocycles. The van der Waals surface area contributed by atoms with Gasteiger partial charge >= 0.3 is 0 Å². The second-order valence-electron chi connectivity index (χ2n) is 5.35. The van der Waals surface area contributed by atoms with Crippen molar-refractivity contribution in [1.29, 1.82) is 0 Å². The summed E-state index contributed by atoms with van der Waals surface area (Å²) in [5.41, 5.74) is 4.78. The van der Waals surface area contributed by atoms with Crippen molar-refractivity contribution in [2.45, 2.75) is 68.7 Å². The van der Waals surface area contributed by atoms with Gasteiger partial charge in [0.2, 0.25) is 0 Å². The molecule has 0 bridgehead atoms. The molecule has 0 aliphatic heterocycles. The van der Waals surface area contributed by atoms with Crippen LogP contribution in [0.2, 0.25) is 0 Å². The maximum atomic E-state index is 9.95. The van der Waals surface area contributed by atoms with Gasteiger partial charge < -0.3 is 20.5 Å². The Bertz CT molecular complexity index is 675. The molecule has 232 valence electrons. The van der Waals surface area contributed by atoms with Crippen LogP contribution in [0.4, 0.5) is 0 Å².